The van der Waals surface area contributed by atoms with Crippen LogP contribution in [0.1, 0.15) is 13.8 Å². The van der Waals surface area contributed by atoms with Gasteiger partial charge in [0.1, 0.15) is 13.0 Å². The van der Waals surface area contributed by atoms with Crippen molar-refractivity contribution in [2.75, 3.05) is 19.9 Å². The summed E-state index contributed by atoms with van der Waals surface area (Å²) < 4.78 is 16.3. The lowest BCUT2D eigenvalue weighted by atomic mass is 10.8. The molecule has 0 rings (SSSR count). The predicted octanol–water partition coefficient (Wildman–Crippen LogP) is 1.99. The molecule has 0 bridgehead atoms. The molecule has 0 aromatic carbocycles. The first kappa shape index (κ1) is 9.19. The van der Waals surface area contributed by atoms with E-state index in [1.165, 1.54) is 0 Å². The van der Waals surface area contributed by atoms with E-state index in [0.29, 0.717) is 6.61 Å². The normalized spacial score (nSPS) is 15.6. The van der Waals surface area contributed by atoms with E-state index < -0.39 is 7.14 Å². The summed E-state index contributed by atoms with van der Waals surface area (Å²) in [4.78, 5) is 0. The molecule has 56 valence electrons. The van der Waals surface area contributed by atoms with Crippen LogP contribution in [0.25, 0.3) is 0 Å². The third-order valence-corrected chi connectivity index (χ3v) is 3.18. The first-order valence-electron chi connectivity index (χ1n) is 3.14. The molecule has 0 aliphatic carbocycles. The molecule has 0 aromatic rings. The third-order valence-electron chi connectivity index (χ3n) is 1.28. The van der Waals surface area contributed by atoms with Gasteiger partial charge in [-0.2, -0.15) is 0 Å². The zero-order valence-electron chi connectivity index (χ0n) is 6.55. The molecule has 1 atom stereocenters. The summed E-state index contributed by atoms with van der Waals surface area (Å²) in [6.07, 6.45) is 0. The van der Waals surface area contributed by atoms with Crippen molar-refractivity contribution in [1.29, 1.82) is 0 Å². The molecule has 0 saturated carbocycles. The molecule has 3 heteroatoms. The Balaban J connectivity index is 3.74. The monoisotopic (exact) mass is 150 g/mol. The van der Waals surface area contributed by atoms with Gasteiger partial charge < -0.3 is 9.30 Å². The molecule has 0 amide bonds. The van der Waals surface area contributed by atoms with Crippen LogP contribution in [0.3, 0.4) is 0 Å². The molecule has 0 radical (unpaired) electrons. The summed E-state index contributed by atoms with van der Waals surface area (Å²) in [5.41, 5.74) is 0. The van der Waals surface area contributed by atoms with E-state index in [-0.39, 0.29) is 5.85 Å². The molecular formula is C6H15O2P. The molecule has 1 unspecified atom stereocenters. The molecule has 0 aliphatic heterocycles. The van der Waals surface area contributed by atoms with E-state index in [9.17, 15) is 4.57 Å². The van der Waals surface area contributed by atoms with Crippen molar-refractivity contribution >= 4 is 7.14 Å². The van der Waals surface area contributed by atoms with E-state index in [1.54, 1.807) is 13.3 Å². The SMILES string of the molecule is CCOC(C)P(C)(C)=O. The molecule has 0 spiro atoms. The summed E-state index contributed by atoms with van der Waals surface area (Å²) in [6, 6.07) is 0. The zero-order chi connectivity index (χ0) is 7.49. The molecule has 0 aliphatic rings. The summed E-state index contributed by atoms with van der Waals surface area (Å²) in [5.74, 6) is -0.0810. The van der Waals surface area contributed by atoms with Crippen LogP contribution in [0.4, 0.5) is 0 Å². The Morgan fingerprint density at radius 1 is 1.56 bits per heavy atom. The molecule has 0 aromatic heterocycles. The lowest BCUT2D eigenvalue weighted by Gasteiger charge is -2.15. The highest BCUT2D eigenvalue weighted by atomic mass is 31.2. The van der Waals surface area contributed by atoms with Gasteiger partial charge >= 0.3 is 0 Å². The summed E-state index contributed by atoms with van der Waals surface area (Å²) in [6.45, 7) is 7.89. The van der Waals surface area contributed by atoms with Gasteiger partial charge in [-0.05, 0) is 27.2 Å². The molecule has 0 saturated heterocycles. The topological polar surface area (TPSA) is 26.3 Å². The number of ether oxygens (including phenoxy) is 1. The van der Waals surface area contributed by atoms with Gasteiger partial charge in [0.05, 0.1) is 0 Å². The van der Waals surface area contributed by atoms with Crippen LogP contribution in [-0.4, -0.2) is 25.8 Å². The van der Waals surface area contributed by atoms with Crippen LogP contribution in [0.5, 0.6) is 0 Å². The van der Waals surface area contributed by atoms with Crippen molar-refractivity contribution in [2.45, 2.75) is 19.7 Å². The highest BCUT2D eigenvalue weighted by Crippen LogP contribution is 2.42. The van der Waals surface area contributed by atoms with Gasteiger partial charge in [0.25, 0.3) is 0 Å². The summed E-state index contributed by atoms with van der Waals surface area (Å²) in [5, 5.41) is 0. The maximum Gasteiger partial charge on any atom is 0.109 e. The fourth-order valence-corrected chi connectivity index (χ4v) is 0.929. The van der Waals surface area contributed by atoms with Crippen molar-refractivity contribution < 1.29 is 9.30 Å². The number of rotatable bonds is 3. The average molecular weight is 150 g/mol. The van der Waals surface area contributed by atoms with Crippen molar-refractivity contribution in [2.24, 2.45) is 0 Å². The standard InChI is InChI=1S/C6H15O2P/c1-5-8-6(2)9(3,4)7/h6H,5H2,1-4H3. The van der Waals surface area contributed by atoms with Crippen LogP contribution < -0.4 is 0 Å². The fraction of sp³-hybridized carbons (Fsp3) is 1.00. The minimum Gasteiger partial charge on any atom is -0.371 e. The minimum atomic E-state index is -2.00. The number of hydrogen-bond acceptors (Lipinski definition) is 2. The second-order valence-electron chi connectivity index (χ2n) is 2.49. The maximum atomic E-state index is 11.2. The number of hydrogen-bond donors (Lipinski definition) is 0. The van der Waals surface area contributed by atoms with Gasteiger partial charge in [0, 0.05) is 6.61 Å². The molecule has 0 N–H and O–H groups in total. The Morgan fingerprint density at radius 2 is 2.00 bits per heavy atom. The van der Waals surface area contributed by atoms with Crippen molar-refractivity contribution in [3.63, 3.8) is 0 Å². The van der Waals surface area contributed by atoms with Crippen LogP contribution in [0.2, 0.25) is 0 Å². The second-order valence-corrected chi connectivity index (χ2v) is 6.08. The average Bonchev–Trinajstić information content (AvgIpc) is 1.64. The second kappa shape index (κ2) is 3.38. The zero-order valence-corrected chi connectivity index (χ0v) is 7.44. The van der Waals surface area contributed by atoms with E-state index in [0.717, 1.165) is 0 Å². The van der Waals surface area contributed by atoms with Crippen molar-refractivity contribution in [3.05, 3.63) is 0 Å². The highest BCUT2D eigenvalue weighted by molar-refractivity contribution is 7.62. The summed E-state index contributed by atoms with van der Waals surface area (Å²) in [7, 11) is -2.00. The largest absolute Gasteiger partial charge is 0.371 e. The lowest BCUT2D eigenvalue weighted by Crippen LogP contribution is -2.06. The summed E-state index contributed by atoms with van der Waals surface area (Å²) >= 11 is 0. The Bertz CT molecular complexity index is 116. The Morgan fingerprint density at radius 3 is 2.11 bits per heavy atom. The first-order chi connectivity index (χ1) is 3.98. The molecule has 0 fully saturated rings. The van der Waals surface area contributed by atoms with Gasteiger partial charge in [-0.1, -0.05) is 0 Å². The van der Waals surface area contributed by atoms with Crippen LogP contribution >= 0.6 is 7.14 Å². The fourth-order valence-electron chi connectivity index (χ4n) is 0.421. The van der Waals surface area contributed by atoms with E-state index in [2.05, 4.69) is 0 Å². The van der Waals surface area contributed by atoms with E-state index in [4.69, 9.17) is 4.74 Å². The maximum absolute atomic E-state index is 11.2. The van der Waals surface area contributed by atoms with Gasteiger partial charge in [-0.15, -0.1) is 0 Å². The van der Waals surface area contributed by atoms with E-state index in [1.807, 2.05) is 13.8 Å². The molecule has 0 heterocycles. The van der Waals surface area contributed by atoms with Crippen molar-refractivity contribution in [1.82, 2.24) is 0 Å². The predicted molar refractivity (Wildman–Crippen MR) is 40.5 cm³/mol. The van der Waals surface area contributed by atoms with Crippen LogP contribution in [0, 0.1) is 0 Å². The van der Waals surface area contributed by atoms with Gasteiger partial charge in [-0.25, -0.2) is 0 Å². The minimum absolute atomic E-state index is 0.0810. The lowest BCUT2D eigenvalue weighted by molar-refractivity contribution is 0.129. The Hall–Kier alpha value is 0.190. The van der Waals surface area contributed by atoms with Gasteiger partial charge in [0.2, 0.25) is 0 Å². The molecular weight excluding hydrogens is 135 g/mol. The Labute approximate surface area is 57.0 Å². The van der Waals surface area contributed by atoms with Gasteiger partial charge in [-0.3, -0.25) is 0 Å². The highest BCUT2D eigenvalue weighted by Gasteiger charge is 2.16. The van der Waals surface area contributed by atoms with Gasteiger partial charge in [0.15, 0.2) is 0 Å². The van der Waals surface area contributed by atoms with Crippen LogP contribution in [-0.2, 0) is 9.30 Å². The smallest absolute Gasteiger partial charge is 0.109 e. The Kier molecular flexibility index (Phi) is 3.45. The molecule has 9 heavy (non-hydrogen) atoms. The quantitative estimate of drug-likeness (QED) is 0.575. The van der Waals surface area contributed by atoms with Crippen LogP contribution in [0.15, 0.2) is 0 Å². The molecule has 2 nitrogen and oxygen atoms in total. The van der Waals surface area contributed by atoms with E-state index >= 15 is 0 Å². The first-order valence-corrected chi connectivity index (χ1v) is 5.81. The third kappa shape index (κ3) is 3.72. The van der Waals surface area contributed by atoms with Crippen molar-refractivity contribution in [3.8, 4) is 0 Å².